The highest BCUT2D eigenvalue weighted by Gasteiger charge is 2.36. The van der Waals surface area contributed by atoms with Gasteiger partial charge in [-0.25, -0.2) is 8.42 Å². The van der Waals surface area contributed by atoms with Gasteiger partial charge in [-0.3, -0.25) is 4.79 Å². The first-order valence-corrected chi connectivity index (χ1v) is 10.1. The molecule has 1 unspecified atom stereocenters. The molecule has 2 aromatic rings. The molecule has 1 aliphatic heterocycles. The van der Waals surface area contributed by atoms with Crippen molar-refractivity contribution in [2.45, 2.75) is 17.4 Å². The van der Waals surface area contributed by atoms with Crippen LogP contribution in [0.15, 0.2) is 47.4 Å². The summed E-state index contributed by atoms with van der Waals surface area (Å²) in [5.74, 6) is 0.915. The van der Waals surface area contributed by atoms with Crippen LogP contribution in [0.4, 0.5) is 5.69 Å². The maximum atomic E-state index is 12.9. The van der Waals surface area contributed by atoms with E-state index in [4.69, 9.17) is 14.2 Å². The Labute approximate surface area is 164 Å². The molecule has 2 aromatic carbocycles. The van der Waals surface area contributed by atoms with Crippen LogP contribution in [0.5, 0.6) is 17.2 Å². The molecule has 0 bridgehead atoms. The fraction of sp³-hybridized carbons (Fsp3) is 0.316. The summed E-state index contributed by atoms with van der Waals surface area (Å²) in [6.07, 6.45) is 0.358. The van der Waals surface area contributed by atoms with Gasteiger partial charge in [-0.05, 0) is 42.8 Å². The van der Waals surface area contributed by atoms with Gasteiger partial charge in [-0.1, -0.05) is 0 Å². The van der Waals surface area contributed by atoms with Crippen LogP contribution < -0.4 is 23.8 Å². The molecule has 1 amide bonds. The monoisotopic (exact) mass is 406 g/mol. The predicted molar refractivity (Wildman–Crippen MR) is 104 cm³/mol. The number of hydrogen-bond donors (Lipinski definition) is 1. The Balaban J connectivity index is 1.81. The SMILES string of the molecule is COc1ccc(N2CCC(NS(=O)(=O)c3cc(OC)ccc3OC)C2=O)cc1. The lowest BCUT2D eigenvalue weighted by atomic mass is 10.2. The van der Waals surface area contributed by atoms with Crippen LogP contribution in [0.3, 0.4) is 0 Å². The van der Waals surface area contributed by atoms with Gasteiger partial charge in [0.05, 0.1) is 21.3 Å². The highest BCUT2D eigenvalue weighted by Crippen LogP contribution is 2.30. The standard InChI is InChI=1S/C19H22N2O6S/c1-25-14-6-4-13(5-7-14)21-11-10-16(19(21)22)20-28(23,24)18-12-15(26-2)8-9-17(18)27-3/h4-9,12,16,20H,10-11H2,1-3H3. The van der Waals surface area contributed by atoms with Gasteiger partial charge < -0.3 is 19.1 Å². The van der Waals surface area contributed by atoms with Crippen molar-refractivity contribution in [3.05, 3.63) is 42.5 Å². The molecule has 0 aromatic heterocycles. The van der Waals surface area contributed by atoms with Crippen LogP contribution in [0.2, 0.25) is 0 Å². The van der Waals surface area contributed by atoms with Gasteiger partial charge in [-0.2, -0.15) is 4.72 Å². The van der Waals surface area contributed by atoms with Crippen molar-refractivity contribution in [2.75, 3.05) is 32.8 Å². The minimum absolute atomic E-state index is 0.0787. The van der Waals surface area contributed by atoms with E-state index in [1.54, 1.807) is 42.3 Å². The van der Waals surface area contributed by atoms with Crippen molar-refractivity contribution in [1.29, 1.82) is 0 Å². The number of benzene rings is 2. The molecule has 3 rings (SSSR count). The van der Waals surface area contributed by atoms with Crippen molar-refractivity contribution in [3.63, 3.8) is 0 Å². The Morgan fingerprint density at radius 2 is 1.61 bits per heavy atom. The second-order valence-electron chi connectivity index (χ2n) is 6.17. The number of methoxy groups -OCH3 is 3. The Hall–Kier alpha value is -2.78. The first-order valence-electron chi connectivity index (χ1n) is 8.59. The molecule has 0 radical (unpaired) electrons. The normalized spacial score (nSPS) is 16.9. The van der Waals surface area contributed by atoms with Crippen LogP contribution in [-0.2, 0) is 14.8 Å². The zero-order valence-electron chi connectivity index (χ0n) is 15.8. The highest BCUT2D eigenvalue weighted by molar-refractivity contribution is 7.89. The van der Waals surface area contributed by atoms with E-state index < -0.39 is 16.1 Å². The lowest BCUT2D eigenvalue weighted by molar-refractivity contribution is -0.118. The Bertz CT molecular complexity index is 959. The van der Waals surface area contributed by atoms with Crippen molar-refractivity contribution in [3.8, 4) is 17.2 Å². The Morgan fingerprint density at radius 3 is 2.21 bits per heavy atom. The minimum Gasteiger partial charge on any atom is -0.497 e. The first-order chi connectivity index (χ1) is 13.4. The molecule has 8 nitrogen and oxygen atoms in total. The van der Waals surface area contributed by atoms with Crippen molar-refractivity contribution in [2.24, 2.45) is 0 Å². The van der Waals surface area contributed by atoms with E-state index in [1.165, 1.54) is 26.4 Å². The Morgan fingerprint density at radius 1 is 0.964 bits per heavy atom. The van der Waals surface area contributed by atoms with Crippen molar-refractivity contribution < 1.29 is 27.4 Å². The van der Waals surface area contributed by atoms with Crippen LogP contribution >= 0.6 is 0 Å². The van der Waals surface area contributed by atoms with E-state index in [0.29, 0.717) is 30.2 Å². The molecule has 1 heterocycles. The van der Waals surface area contributed by atoms with Gasteiger partial charge in [-0.15, -0.1) is 0 Å². The molecule has 9 heteroatoms. The lowest BCUT2D eigenvalue weighted by Crippen LogP contribution is -2.41. The lowest BCUT2D eigenvalue weighted by Gasteiger charge is -2.18. The zero-order valence-corrected chi connectivity index (χ0v) is 16.7. The minimum atomic E-state index is -3.99. The van der Waals surface area contributed by atoms with Gasteiger partial charge in [0.1, 0.15) is 28.2 Å². The number of anilines is 1. The molecule has 1 N–H and O–H groups in total. The van der Waals surface area contributed by atoms with Crippen LogP contribution in [0.1, 0.15) is 6.42 Å². The van der Waals surface area contributed by atoms with E-state index in [9.17, 15) is 13.2 Å². The molecular formula is C19H22N2O6S. The molecule has 1 atom stereocenters. The average molecular weight is 406 g/mol. The fourth-order valence-corrected chi connectivity index (χ4v) is 4.46. The summed E-state index contributed by atoms with van der Waals surface area (Å²) >= 11 is 0. The average Bonchev–Trinajstić information content (AvgIpc) is 3.07. The van der Waals surface area contributed by atoms with Gasteiger partial charge in [0.25, 0.3) is 0 Å². The second kappa shape index (κ2) is 8.07. The number of ether oxygens (including phenoxy) is 3. The molecule has 0 spiro atoms. The third-order valence-corrected chi connectivity index (χ3v) is 6.04. The smallest absolute Gasteiger partial charge is 0.245 e. The summed E-state index contributed by atoms with van der Waals surface area (Å²) in [5.41, 5.74) is 0.687. The number of carbonyl (C=O) groups is 1. The summed E-state index contributed by atoms with van der Waals surface area (Å²) in [5, 5.41) is 0. The molecular weight excluding hydrogens is 384 g/mol. The third-order valence-electron chi connectivity index (χ3n) is 4.55. The molecule has 0 aliphatic carbocycles. The third kappa shape index (κ3) is 3.90. The fourth-order valence-electron chi connectivity index (χ4n) is 3.05. The van der Waals surface area contributed by atoms with Gasteiger partial charge >= 0.3 is 0 Å². The molecule has 1 saturated heterocycles. The largest absolute Gasteiger partial charge is 0.497 e. The molecule has 28 heavy (non-hydrogen) atoms. The first kappa shape index (κ1) is 20.0. The number of carbonyl (C=O) groups excluding carboxylic acids is 1. The maximum Gasteiger partial charge on any atom is 0.245 e. The predicted octanol–water partition coefficient (Wildman–Crippen LogP) is 1.80. The summed E-state index contributed by atoms with van der Waals surface area (Å²) in [6, 6.07) is 10.6. The number of rotatable bonds is 7. The van der Waals surface area contributed by atoms with E-state index in [1.807, 2.05) is 0 Å². The van der Waals surface area contributed by atoms with Gasteiger partial charge in [0.2, 0.25) is 15.9 Å². The highest BCUT2D eigenvalue weighted by atomic mass is 32.2. The van der Waals surface area contributed by atoms with E-state index >= 15 is 0 Å². The molecule has 150 valence electrons. The molecule has 0 saturated carbocycles. The Kier molecular flexibility index (Phi) is 5.76. The summed E-state index contributed by atoms with van der Waals surface area (Å²) in [4.78, 5) is 14.2. The van der Waals surface area contributed by atoms with Crippen LogP contribution in [0, 0.1) is 0 Å². The zero-order chi connectivity index (χ0) is 20.3. The topological polar surface area (TPSA) is 94.2 Å². The second-order valence-corrected chi connectivity index (χ2v) is 7.85. The molecule has 1 aliphatic rings. The number of amides is 1. The number of nitrogens with one attached hydrogen (secondary N) is 1. The van der Waals surface area contributed by atoms with Crippen molar-refractivity contribution in [1.82, 2.24) is 4.72 Å². The number of sulfonamides is 1. The van der Waals surface area contributed by atoms with Gasteiger partial charge in [0, 0.05) is 18.3 Å². The number of nitrogens with zero attached hydrogens (tertiary/aromatic N) is 1. The van der Waals surface area contributed by atoms with E-state index in [-0.39, 0.29) is 16.6 Å². The van der Waals surface area contributed by atoms with Crippen molar-refractivity contribution >= 4 is 21.6 Å². The quantitative estimate of drug-likeness (QED) is 0.754. The summed E-state index contributed by atoms with van der Waals surface area (Å²) < 4.78 is 43.6. The summed E-state index contributed by atoms with van der Waals surface area (Å²) in [7, 11) is 0.398. The van der Waals surface area contributed by atoms with Crippen LogP contribution in [-0.4, -0.2) is 48.2 Å². The van der Waals surface area contributed by atoms with E-state index in [2.05, 4.69) is 4.72 Å². The number of hydrogen-bond acceptors (Lipinski definition) is 6. The van der Waals surface area contributed by atoms with Gasteiger partial charge in [0.15, 0.2) is 0 Å². The van der Waals surface area contributed by atoms with Crippen LogP contribution in [0.25, 0.3) is 0 Å². The maximum absolute atomic E-state index is 12.9. The van der Waals surface area contributed by atoms with E-state index in [0.717, 1.165) is 0 Å². The summed E-state index contributed by atoms with van der Waals surface area (Å²) in [6.45, 7) is 0.410. The molecule has 1 fully saturated rings.